The molecule has 0 aromatic rings. The Hall–Kier alpha value is -1.89. The van der Waals surface area contributed by atoms with Crippen molar-refractivity contribution in [2.75, 3.05) is 6.61 Å². The number of ketones is 2. The first-order valence-corrected chi connectivity index (χ1v) is 12.6. The molecule has 3 fully saturated rings. The van der Waals surface area contributed by atoms with Crippen molar-refractivity contribution in [1.82, 2.24) is 0 Å². The minimum absolute atomic E-state index is 0.00851. The van der Waals surface area contributed by atoms with Crippen LogP contribution in [0.25, 0.3) is 0 Å². The first kappa shape index (κ1) is 25.2. The summed E-state index contributed by atoms with van der Waals surface area (Å²) >= 11 is 0. The topological polar surface area (TPSA) is 80.7 Å². The van der Waals surface area contributed by atoms with Gasteiger partial charge in [-0.15, -0.1) is 0 Å². The number of alkyl halides is 1. The third-order valence-corrected chi connectivity index (χ3v) is 9.35. The molecule has 0 unspecified atom stereocenters. The summed E-state index contributed by atoms with van der Waals surface area (Å²) in [4.78, 5) is 37.1. The first-order chi connectivity index (χ1) is 16.0. The van der Waals surface area contributed by atoms with Crippen LogP contribution in [0.4, 0.5) is 8.78 Å². The number of hydrogen-bond donors (Lipinski definition) is 1. The number of hydrogen-bond acceptors (Lipinski definition) is 5. The second kappa shape index (κ2) is 8.96. The van der Waals surface area contributed by atoms with E-state index in [0.29, 0.717) is 19.3 Å². The number of esters is 1. The molecule has 0 aromatic carbocycles. The number of rotatable bonds is 6. The average Bonchev–Trinajstić information content (AvgIpc) is 3.02. The molecular weight excluding hydrogens is 442 g/mol. The lowest BCUT2D eigenvalue weighted by molar-refractivity contribution is -0.155. The largest absolute Gasteiger partial charge is 0.458 e. The van der Waals surface area contributed by atoms with E-state index in [-0.39, 0.29) is 54.5 Å². The molecule has 0 heterocycles. The zero-order valence-corrected chi connectivity index (χ0v) is 20.5. The van der Waals surface area contributed by atoms with E-state index >= 15 is 4.39 Å². The molecule has 0 aromatic heterocycles. The van der Waals surface area contributed by atoms with Crippen LogP contribution in [-0.4, -0.2) is 41.5 Å². The summed E-state index contributed by atoms with van der Waals surface area (Å²) in [6.07, 6.45) is 3.14. The SMILES string of the molecule is CCCCC(=O)OCC(=O)[C@H]1[C@H](C)C[C@H]2[C@@H]3C[C@H](F)C4=C(F)C(=O)C=C[C@]4(C)[C@H]3[C@@H](O)C[C@@]21C. The molecule has 9 atom stereocenters. The van der Waals surface area contributed by atoms with Crippen molar-refractivity contribution in [1.29, 1.82) is 0 Å². The van der Waals surface area contributed by atoms with Crippen LogP contribution >= 0.6 is 0 Å². The fraction of sp³-hybridized carbons (Fsp3) is 0.741. The maximum atomic E-state index is 15.4. The Morgan fingerprint density at radius 1 is 1.26 bits per heavy atom. The molecule has 0 bridgehead atoms. The fourth-order valence-corrected chi connectivity index (χ4v) is 8.12. The molecule has 0 spiro atoms. The summed E-state index contributed by atoms with van der Waals surface area (Å²) in [5, 5.41) is 11.4. The normalized spacial score (nSPS) is 43.3. The summed E-state index contributed by atoms with van der Waals surface area (Å²) in [5.74, 6) is -3.53. The maximum Gasteiger partial charge on any atom is 0.306 e. The highest BCUT2D eigenvalue weighted by Gasteiger charge is 2.66. The van der Waals surface area contributed by atoms with Gasteiger partial charge in [0.05, 0.1) is 6.10 Å². The minimum atomic E-state index is -1.61. The van der Waals surface area contributed by atoms with Crippen molar-refractivity contribution < 1.29 is 33.0 Å². The van der Waals surface area contributed by atoms with Crippen molar-refractivity contribution >= 4 is 17.5 Å². The number of aliphatic hydroxyl groups is 1. The fourth-order valence-electron chi connectivity index (χ4n) is 8.12. The lowest BCUT2D eigenvalue weighted by Gasteiger charge is -2.59. The number of carbonyl (C=O) groups excluding carboxylic acids is 3. The van der Waals surface area contributed by atoms with Crippen LogP contribution in [0.2, 0.25) is 0 Å². The second-order valence-corrected chi connectivity index (χ2v) is 11.4. The van der Waals surface area contributed by atoms with E-state index in [2.05, 4.69) is 0 Å². The highest BCUT2D eigenvalue weighted by Crippen LogP contribution is 2.67. The quantitative estimate of drug-likeness (QED) is 0.561. The minimum Gasteiger partial charge on any atom is -0.458 e. The molecule has 7 heteroatoms. The van der Waals surface area contributed by atoms with E-state index in [1.165, 1.54) is 0 Å². The molecule has 34 heavy (non-hydrogen) atoms. The van der Waals surface area contributed by atoms with E-state index in [0.717, 1.165) is 12.5 Å². The van der Waals surface area contributed by atoms with E-state index in [1.807, 2.05) is 20.8 Å². The molecule has 0 aliphatic heterocycles. The molecule has 5 nitrogen and oxygen atoms in total. The van der Waals surface area contributed by atoms with Gasteiger partial charge in [0.2, 0.25) is 5.78 Å². The molecule has 188 valence electrons. The summed E-state index contributed by atoms with van der Waals surface area (Å²) in [7, 11) is 0. The Kier molecular flexibility index (Phi) is 6.64. The highest BCUT2D eigenvalue weighted by molar-refractivity contribution is 6.04. The van der Waals surface area contributed by atoms with Crippen LogP contribution < -0.4 is 0 Å². The van der Waals surface area contributed by atoms with Crippen molar-refractivity contribution in [2.45, 2.75) is 78.5 Å². The molecule has 4 aliphatic rings. The van der Waals surface area contributed by atoms with E-state index in [1.54, 1.807) is 13.0 Å². The van der Waals surface area contributed by atoms with Crippen molar-refractivity contribution in [2.24, 2.45) is 40.4 Å². The number of aliphatic hydroxyl groups excluding tert-OH is 1. The van der Waals surface area contributed by atoms with E-state index < -0.39 is 46.6 Å². The van der Waals surface area contributed by atoms with Gasteiger partial charge in [-0.1, -0.05) is 40.2 Å². The number of ether oxygens (including phenoxy) is 1. The molecule has 3 saturated carbocycles. The average molecular weight is 479 g/mol. The van der Waals surface area contributed by atoms with Crippen LogP contribution in [-0.2, 0) is 19.1 Å². The van der Waals surface area contributed by atoms with Gasteiger partial charge in [0, 0.05) is 29.2 Å². The van der Waals surface area contributed by atoms with Crippen LogP contribution in [0.15, 0.2) is 23.6 Å². The van der Waals surface area contributed by atoms with Crippen LogP contribution in [0, 0.1) is 40.4 Å². The van der Waals surface area contributed by atoms with E-state index in [9.17, 15) is 23.9 Å². The van der Waals surface area contributed by atoms with Crippen LogP contribution in [0.1, 0.15) is 66.2 Å². The smallest absolute Gasteiger partial charge is 0.306 e. The lowest BCUT2D eigenvalue weighted by atomic mass is 9.46. The third-order valence-electron chi connectivity index (χ3n) is 9.35. The van der Waals surface area contributed by atoms with Gasteiger partial charge in [-0.05, 0) is 54.9 Å². The summed E-state index contributed by atoms with van der Waals surface area (Å²) in [5.41, 5.74) is -1.79. The Morgan fingerprint density at radius 2 is 1.97 bits per heavy atom. The molecule has 4 aliphatic carbocycles. The molecular formula is C27H36F2O5. The van der Waals surface area contributed by atoms with Gasteiger partial charge in [-0.2, -0.15) is 0 Å². The van der Waals surface area contributed by atoms with Crippen LogP contribution in [0.3, 0.4) is 0 Å². The van der Waals surface area contributed by atoms with Gasteiger partial charge in [0.25, 0.3) is 0 Å². The Bertz CT molecular complexity index is 941. The van der Waals surface area contributed by atoms with Gasteiger partial charge in [-0.25, -0.2) is 8.78 Å². The van der Waals surface area contributed by atoms with Gasteiger partial charge in [0.1, 0.15) is 12.8 Å². The number of allylic oxidation sites excluding steroid dienone is 4. The van der Waals surface area contributed by atoms with Gasteiger partial charge in [0.15, 0.2) is 11.6 Å². The van der Waals surface area contributed by atoms with Crippen molar-refractivity contribution in [3.63, 3.8) is 0 Å². The van der Waals surface area contributed by atoms with E-state index in [4.69, 9.17) is 4.74 Å². The molecule has 0 saturated heterocycles. The van der Waals surface area contributed by atoms with Crippen molar-refractivity contribution in [3.8, 4) is 0 Å². The monoisotopic (exact) mass is 478 g/mol. The number of Topliss-reactive ketones (excluding diaryl/α,β-unsaturated/α-hetero) is 1. The summed E-state index contributed by atoms with van der Waals surface area (Å²) < 4.78 is 35.5. The number of halogens is 2. The van der Waals surface area contributed by atoms with Gasteiger partial charge in [-0.3, -0.25) is 14.4 Å². The molecule has 0 radical (unpaired) electrons. The zero-order chi connectivity index (χ0) is 25.0. The number of carbonyl (C=O) groups is 3. The van der Waals surface area contributed by atoms with Gasteiger partial charge >= 0.3 is 5.97 Å². The number of fused-ring (bicyclic) bond motifs is 5. The Labute approximate surface area is 200 Å². The highest BCUT2D eigenvalue weighted by atomic mass is 19.1. The standard InChI is InChI=1S/C27H36F2O5/c1-5-6-7-21(33)34-13-20(32)22-14(2)10-16-15-11-17(28)24-25(29)18(30)8-9-26(24,3)23(15)19(31)12-27(16,22)4/h8-9,14-17,19,22-23,31H,5-7,10-13H2,1-4H3/t14-,15+,16+,17+,19+,22-,23-,26-,27+/m1/s1. The first-order valence-electron chi connectivity index (χ1n) is 12.6. The lowest BCUT2D eigenvalue weighted by Crippen LogP contribution is -2.58. The third kappa shape index (κ3) is 3.78. The number of unbranched alkanes of at least 4 members (excludes halogenated alkanes) is 1. The Balaban J connectivity index is 1.60. The summed E-state index contributed by atoms with van der Waals surface area (Å²) in [6.45, 7) is 7.40. The maximum absolute atomic E-state index is 15.4. The predicted octanol–water partition coefficient (Wildman–Crippen LogP) is 4.68. The second-order valence-electron chi connectivity index (χ2n) is 11.4. The van der Waals surface area contributed by atoms with Crippen LogP contribution in [0.5, 0.6) is 0 Å². The van der Waals surface area contributed by atoms with Gasteiger partial charge < -0.3 is 9.84 Å². The molecule has 1 N–H and O–H groups in total. The Morgan fingerprint density at radius 3 is 2.65 bits per heavy atom. The predicted molar refractivity (Wildman–Crippen MR) is 122 cm³/mol. The molecule has 4 rings (SSSR count). The molecule has 0 amide bonds. The zero-order valence-electron chi connectivity index (χ0n) is 20.5. The summed E-state index contributed by atoms with van der Waals surface area (Å²) in [6, 6.07) is 0. The van der Waals surface area contributed by atoms with Crippen molar-refractivity contribution in [3.05, 3.63) is 23.6 Å².